The molecule has 1 aliphatic rings. The molecule has 0 fully saturated rings. The molecular weight excluding hydrogens is 222 g/mol. The molecule has 2 rings (SSSR count). The van der Waals surface area contributed by atoms with Gasteiger partial charge in [-0.1, -0.05) is 12.1 Å². The first-order valence-corrected chi connectivity index (χ1v) is 7.39. The van der Waals surface area contributed by atoms with Crippen LogP contribution in [0.25, 0.3) is 0 Å². The van der Waals surface area contributed by atoms with Crippen molar-refractivity contribution in [3.8, 4) is 0 Å². The van der Waals surface area contributed by atoms with Crippen molar-refractivity contribution in [1.29, 1.82) is 0 Å². The molecule has 3 nitrogen and oxygen atoms in total. The first-order valence-electron chi connectivity index (χ1n) is 5.73. The average molecular weight is 239 g/mol. The second kappa shape index (κ2) is 4.45. The number of sulfonamides is 1. The highest BCUT2D eigenvalue weighted by Crippen LogP contribution is 2.28. The summed E-state index contributed by atoms with van der Waals surface area (Å²) in [4.78, 5) is 0. The molecule has 1 aromatic carbocycles. The third-order valence-electron chi connectivity index (χ3n) is 3.04. The molecule has 0 saturated carbocycles. The second-order valence-corrected chi connectivity index (χ2v) is 6.17. The van der Waals surface area contributed by atoms with Crippen molar-refractivity contribution in [2.45, 2.75) is 32.6 Å². The van der Waals surface area contributed by atoms with E-state index in [1.165, 1.54) is 17.5 Å². The molecule has 1 aliphatic carbocycles. The number of aryl methyl sites for hydroxylation is 1. The van der Waals surface area contributed by atoms with E-state index in [1.54, 1.807) is 6.92 Å². The third kappa shape index (κ3) is 2.38. The monoisotopic (exact) mass is 239 g/mol. The summed E-state index contributed by atoms with van der Waals surface area (Å²) in [7, 11) is -3.16. The molecule has 0 atom stereocenters. The predicted molar refractivity (Wildman–Crippen MR) is 66.2 cm³/mol. The molecule has 0 saturated heterocycles. The van der Waals surface area contributed by atoms with E-state index in [1.807, 2.05) is 12.1 Å². The van der Waals surface area contributed by atoms with Gasteiger partial charge in [0.1, 0.15) is 0 Å². The Labute approximate surface area is 96.9 Å². The van der Waals surface area contributed by atoms with Gasteiger partial charge in [-0.3, -0.25) is 4.72 Å². The van der Waals surface area contributed by atoms with Crippen molar-refractivity contribution in [2.24, 2.45) is 0 Å². The van der Waals surface area contributed by atoms with E-state index >= 15 is 0 Å². The zero-order valence-corrected chi connectivity index (χ0v) is 10.3. The fourth-order valence-corrected chi connectivity index (χ4v) is 2.79. The third-order valence-corrected chi connectivity index (χ3v) is 4.33. The van der Waals surface area contributed by atoms with E-state index in [2.05, 4.69) is 10.8 Å². The van der Waals surface area contributed by atoms with E-state index in [4.69, 9.17) is 0 Å². The number of rotatable bonds is 3. The van der Waals surface area contributed by atoms with E-state index < -0.39 is 10.0 Å². The predicted octanol–water partition coefficient (Wildman–Crippen LogP) is 2.33. The standard InChI is InChI=1S/C12H17NO2S/c1-2-16(14,15)13-12-9-5-7-10-6-3-4-8-11(10)12/h5,7,9,13H,2-4,6,8H2,1H3. The van der Waals surface area contributed by atoms with Crippen molar-refractivity contribution in [1.82, 2.24) is 0 Å². The number of benzene rings is 1. The summed E-state index contributed by atoms with van der Waals surface area (Å²) in [6.07, 6.45) is 4.41. The molecule has 1 aromatic rings. The van der Waals surface area contributed by atoms with Crippen molar-refractivity contribution in [3.05, 3.63) is 29.3 Å². The zero-order valence-electron chi connectivity index (χ0n) is 9.49. The van der Waals surface area contributed by atoms with Gasteiger partial charge in [0.2, 0.25) is 10.0 Å². The van der Waals surface area contributed by atoms with E-state index in [-0.39, 0.29) is 5.75 Å². The van der Waals surface area contributed by atoms with Gasteiger partial charge in [0.25, 0.3) is 0 Å². The Morgan fingerprint density at radius 1 is 1.25 bits per heavy atom. The molecule has 0 amide bonds. The molecule has 0 spiro atoms. The molecule has 1 N–H and O–H groups in total. The van der Waals surface area contributed by atoms with Crippen LogP contribution in [0.2, 0.25) is 0 Å². The molecule has 4 heteroatoms. The van der Waals surface area contributed by atoms with Crippen LogP contribution in [0.4, 0.5) is 5.69 Å². The summed E-state index contributed by atoms with van der Waals surface area (Å²) in [5.41, 5.74) is 3.26. The van der Waals surface area contributed by atoms with Crippen LogP contribution in [-0.4, -0.2) is 14.2 Å². The highest BCUT2D eigenvalue weighted by Gasteiger charge is 2.15. The molecule has 0 bridgehead atoms. The summed E-state index contributed by atoms with van der Waals surface area (Å²) in [5, 5.41) is 0. The minimum atomic E-state index is -3.16. The van der Waals surface area contributed by atoms with E-state index in [0.717, 1.165) is 24.9 Å². The van der Waals surface area contributed by atoms with Crippen LogP contribution < -0.4 is 4.72 Å². The van der Waals surface area contributed by atoms with Crippen LogP contribution in [0.1, 0.15) is 30.9 Å². The molecule has 0 radical (unpaired) electrons. The topological polar surface area (TPSA) is 46.2 Å². The van der Waals surface area contributed by atoms with Gasteiger partial charge in [0, 0.05) is 0 Å². The van der Waals surface area contributed by atoms with Crippen LogP contribution >= 0.6 is 0 Å². The number of hydrogen-bond acceptors (Lipinski definition) is 2. The Bertz CT molecular complexity index is 480. The SMILES string of the molecule is CCS(=O)(=O)Nc1cccc2c1CCCC2. The van der Waals surface area contributed by atoms with Gasteiger partial charge in [-0.2, -0.15) is 0 Å². The Balaban J connectivity index is 2.35. The summed E-state index contributed by atoms with van der Waals surface area (Å²) in [6.45, 7) is 1.65. The summed E-state index contributed by atoms with van der Waals surface area (Å²) in [5.74, 6) is 0.122. The summed E-state index contributed by atoms with van der Waals surface area (Å²) < 4.78 is 25.8. The largest absolute Gasteiger partial charge is 0.283 e. The van der Waals surface area contributed by atoms with E-state index in [0.29, 0.717) is 0 Å². The lowest BCUT2D eigenvalue weighted by molar-refractivity contribution is 0.602. The Kier molecular flexibility index (Phi) is 3.19. The van der Waals surface area contributed by atoms with Gasteiger partial charge in [-0.05, 0) is 49.8 Å². The van der Waals surface area contributed by atoms with Crippen LogP contribution in [-0.2, 0) is 22.9 Å². The molecule has 88 valence electrons. The van der Waals surface area contributed by atoms with Gasteiger partial charge < -0.3 is 0 Å². The van der Waals surface area contributed by atoms with Crippen molar-refractivity contribution in [3.63, 3.8) is 0 Å². The van der Waals surface area contributed by atoms with Crippen molar-refractivity contribution >= 4 is 15.7 Å². The van der Waals surface area contributed by atoms with Gasteiger partial charge in [0.15, 0.2) is 0 Å². The number of hydrogen-bond donors (Lipinski definition) is 1. The van der Waals surface area contributed by atoms with Crippen LogP contribution in [0, 0.1) is 0 Å². The zero-order chi connectivity index (χ0) is 11.6. The lowest BCUT2D eigenvalue weighted by Gasteiger charge is -2.19. The first-order chi connectivity index (χ1) is 7.62. The maximum absolute atomic E-state index is 11.5. The van der Waals surface area contributed by atoms with Crippen molar-refractivity contribution < 1.29 is 8.42 Å². The highest BCUT2D eigenvalue weighted by atomic mass is 32.2. The molecular formula is C12H17NO2S. The van der Waals surface area contributed by atoms with Crippen LogP contribution in [0.5, 0.6) is 0 Å². The van der Waals surface area contributed by atoms with Crippen LogP contribution in [0.15, 0.2) is 18.2 Å². The van der Waals surface area contributed by atoms with Crippen molar-refractivity contribution in [2.75, 3.05) is 10.5 Å². The first kappa shape index (κ1) is 11.5. The summed E-state index contributed by atoms with van der Waals surface area (Å²) in [6, 6.07) is 5.88. The van der Waals surface area contributed by atoms with Gasteiger partial charge in [0.05, 0.1) is 11.4 Å². The molecule has 0 heterocycles. The quantitative estimate of drug-likeness (QED) is 0.880. The number of nitrogens with one attached hydrogen (secondary N) is 1. The van der Waals surface area contributed by atoms with Gasteiger partial charge in [-0.15, -0.1) is 0 Å². The Morgan fingerprint density at radius 3 is 2.75 bits per heavy atom. The molecule has 0 unspecified atom stereocenters. The number of anilines is 1. The lowest BCUT2D eigenvalue weighted by Crippen LogP contribution is -2.17. The Morgan fingerprint density at radius 2 is 2.00 bits per heavy atom. The normalized spacial score (nSPS) is 15.6. The fraction of sp³-hybridized carbons (Fsp3) is 0.500. The minimum absolute atomic E-state index is 0.122. The maximum Gasteiger partial charge on any atom is 0.232 e. The van der Waals surface area contributed by atoms with E-state index in [9.17, 15) is 8.42 Å². The van der Waals surface area contributed by atoms with Gasteiger partial charge >= 0.3 is 0 Å². The highest BCUT2D eigenvalue weighted by molar-refractivity contribution is 7.92. The minimum Gasteiger partial charge on any atom is -0.283 e. The molecule has 0 aromatic heterocycles. The Hall–Kier alpha value is -1.03. The number of fused-ring (bicyclic) bond motifs is 1. The van der Waals surface area contributed by atoms with Crippen LogP contribution in [0.3, 0.4) is 0 Å². The average Bonchev–Trinajstić information content (AvgIpc) is 2.29. The summed E-state index contributed by atoms with van der Waals surface area (Å²) >= 11 is 0. The van der Waals surface area contributed by atoms with Gasteiger partial charge in [-0.25, -0.2) is 8.42 Å². The maximum atomic E-state index is 11.5. The second-order valence-electron chi connectivity index (χ2n) is 4.16. The fourth-order valence-electron chi connectivity index (χ4n) is 2.12. The molecule has 0 aliphatic heterocycles. The molecule has 16 heavy (non-hydrogen) atoms. The smallest absolute Gasteiger partial charge is 0.232 e. The lowest BCUT2D eigenvalue weighted by atomic mass is 9.91.